The predicted molar refractivity (Wildman–Crippen MR) is 92.9 cm³/mol. The molecule has 0 aromatic heterocycles. The van der Waals surface area contributed by atoms with Gasteiger partial charge in [-0.25, -0.2) is 0 Å². The summed E-state index contributed by atoms with van der Waals surface area (Å²) in [6, 6.07) is 0. The average Bonchev–Trinajstić information content (AvgIpc) is 2.95. The first-order valence-corrected chi connectivity index (χ1v) is 9.80. The minimum atomic E-state index is -1.35. The first-order chi connectivity index (χ1) is 11.8. The molecule has 0 aromatic rings. The Hall–Kier alpha value is -0.890. The third kappa shape index (κ3) is 1.78. The van der Waals surface area contributed by atoms with Gasteiger partial charge in [0.1, 0.15) is 20.5 Å². The number of ether oxygens (including phenoxy) is 3. The Morgan fingerprint density at radius 3 is 2.60 bits per heavy atom. The van der Waals surface area contributed by atoms with E-state index < -0.39 is 37.8 Å². The zero-order valence-corrected chi connectivity index (χ0v) is 17.0. The van der Waals surface area contributed by atoms with Crippen LogP contribution in [0.5, 0.6) is 0 Å². The Balaban J connectivity index is 2.05. The van der Waals surface area contributed by atoms with Gasteiger partial charge >= 0.3 is 11.9 Å². The lowest BCUT2D eigenvalue weighted by Gasteiger charge is -2.39. The number of Topliss-reactive ketones (excluding diaryl/α,β-unsaturated/α-hetero) is 1. The Kier molecular flexibility index (Phi) is 3.72. The fourth-order valence-corrected chi connectivity index (χ4v) is 7.56. The normalized spacial score (nSPS) is 43.0. The fourth-order valence-electron chi connectivity index (χ4n) is 5.49. The van der Waals surface area contributed by atoms with Crippen molar-refractivity contribution in [2.75, 3.05) is 14.2 Å². The summed E-state index contributed by atoms with van der Waals surface area (Å²) in [5, 5.41) is 0. The number of halogens is 2. The molecule has 4 rings (SSSR count). The van der Waals surface area contributed by atoms with Crippen LogP contribution in [0.1, 0.15) is 25.7 Å². The second kappa shape index (κ2) is 5.31. The van der Waals surface area contributed by atoms with E-state index >= 15 is 0 Å². The molecule has 3 saturated carbocycles. The third-order valence-electron chi connectivity index (χ3n) is 6.57. The van der Waals surface area contributed by atoms with Gasteiger partial charge in [0, 0.05) is 12.3 Å². The van der Waals surface area contributed by atoms with Crippen molar-refractivity contribution >= 4 is 49.6 Å². The van der Waals surface area contributed by atoms with Gasteiger partial charge in [-0.3, -0.25) is 14.4 Å². The number of hydrogen-bond donors (Lipinski definition) is 0. The lowest BCUT2D eigenvalue weighted by molar-refractivity contribution is -0.170. The molecule has 8 heteroatoms. The van der Waals surface area contributed by atoms with Crippen molar-refractivity contribution in [1.82, 2.24) is 0 Å². The second-order valence-corrected chi connectivity index (χ2v) is 10.8. The van der Waals surface area contributed by atoms with Crippen LogP contribution in [0.25, 0.3) is 0 Å². The van der Waals surface area contributed by atoms with Crippen molar-refractivity contribution < 1.29 is 28.6 Å². The lowest BCUT2D eigenvalue weighted by Crippen LogP contribution is -2.52. The minimum Gasteiger partial charge on any atom is -0.495 e. The van der Waals surface area contributed by atoms with Crippen LogP contribution >= 0.6 is 31.9 Å². The van der Waals surface area contributed by atoms with E-state index in [1.807, 2.05) is 0 Å². The van der Waals surface area contributed by atoms with Gasteiger partial charge in [-0.2, -0.15) is 0 Å². The highest BCUT2D eigenvalue weighted by atomic mass is 79.9. The van der Waals surface area contributed by atoms with Crippen LogP contribution in [0.3, 0.4) is 0 Å². The molecule has 4 aliphatic rings. The van der Waals surface area contributed by atoms with Crippen LogP contribution in [0.15, 0.2) is 11.8 Å². The maximum absolute atomic E-state index is 13.1. The monoisotopic (exact) mass is 476 g/mol. The molecule has 0 radical (unpaired) electrons. The molecule has 0 aromatic carbocycles. The van der Waals surface area contributed by atoms with E-state index in [-0.39, 0.29) is 11.9 Å². The molecule has 2 bridgehead atoms. The number of esters is 2. The zero-order valence-electron chi connectivity index (χ0n) is 13.8. The summed E-state index contributed by atoms with van der Waals surface area (Å²) in [4.78, 5) is 39.0. The third-order valence-corrected chi connectivity index (χ3v) is 8.88. The molecule has 25 heavy (non-hydrogen) atoms. The van der Waals surface area contributed by atoms with Crippen molar-refractivity contribution in [3.63, 3.8) is 0 Å². The lowest BCUT2D eigenvalue weighted by atomic mass is 9.61. The Morgan fingerprint density at radius 1 is 1.24 bits per heavy atom. The molecule has 1 aliphatic heterocycles. The van der Waals surface area contributed by atoms with Crippen molar-refractivity contribution in [2.24, 2.45) is 22.7 Å². The van der Waals surface area contributed by atoms with Crippen LogP contribution in [0.2, 0.25) is 0 Å². The van der Waals surface area contributed by atoms with E-state index in [2.05, 4.69) is 31.9 Å². The van der Waals surface area contributed by atoms with E-state index in [4.69, 9.17) is 14.2 Å². The maximum Gasteiger partial charge on any atom is 0.317 e. The van der Waals surface area contributed by atoms with Crippen molar-refractivity contribution in [2.45, 2.75) is 35.0 Å². The molecule has 3 fully saturated rings. The molecule has 1 spiro atoms. The number of carbonyl (C=O) groups excluding carboxylic acids is 3. The highest BCUT2D eigenvalue weighted by molar-refractivity contribution is 9.25. The van der Waals surface area contributed by atoms with Crippen molar-refractivity contribution in [3.8, 4) is 0 Å². The minimum absolute atomic E-state index is 0.00271. The van der Waals surface area contributed by atoms with E-state index in [1.54, 1.807) is 6.26 Å². The molecule has 1 heterocycles. The van der Waals surface area contributed by atoms with Gasteiger partial charge in [0.15, 0.2) is 0 Å². The molecule has 5 atom stereocenters. The van der Waals surface area contributed by atoms with Crippen LogP contribution in [-0.4, -0.2) is 41.3 Å². The van der Waals surface area contributed by atoms with E-state index in [0.717, 1.165) is 0 Å². The fraction of sp³-hybridized carbons (Fsp3) is 0.706. The van der Waals surface area contributed by atoms with Crippen LogP contribution in [-0.2, 0) is 28.6 Å². The van der Waals surface area contributed by atoms with Gasteiger partial charge in [0.2, 0.25) is 0 Å². The van der Waals surface area contributed by atoms with E-state index in [9.17, 15) is 14.4 Å². The summed E-state index contributed by atoms with van der Waals surface area (Å²) >= 11 is 7.26. The average molecular weight is 478 g/mol. The molecule has 136 valence electrons. The Morgan fingerprint density at radius 2 is 1.96 bits per heavy atom. The molecular weight excluding hydrogens is 460 g/mol. The number of ketones is 1. The molecule has 0 saturated heterocycles. The quantitative estimate of drug-likeness (QED) is 0.449. The molecule has 0 N–H and O–H groups in total. The topological polar surface area (TPSA) is 78.9 Å². The van der Waals surface area contributed by atoms with E-state index in [0.29, 0.717) is 31.3 Å². The molecule has 6 nitrogen and oxygen atoms in total. The summed E-state index contributed by atoms with van der Waals surface area (Å²) in [7, 11) is 2.60. The van der Waals surface area contributed by atoms with Gasteiger partial charge in [0.25, 0.3) is 0 Å². The molecule has 1 unspecified atom stereocenters. The SMILES string of the molecule is COC(=O)[C@H]1[C@]2(C(=O)OC)C3=COC4C(Br)(Br)[C@@]41CCC(=O)[C@H]2CC3. The Bertz CT molecular complexity index is 716. The van der Waals surface area contributed by atoms with Crippen molar-refractivity contribution in [1.29, 1.82) is 0 Å². The van der Waals surface area contributed by atoms with E-state index in [1.165, 1.54) is 14.2 Å². The van der Waals surface area contributed by atoms with Crippen LogP contribution in [0, 0.1) is 22.7 Å². The van der Waals surface area contributed by atoms with Gasteiger partial charge in [0.05, 0.1) is 31.8 Å². The summed E-state index contributed by atoms with van der Waals surface area (Å²) in [6.45, 7) is 0. The highest BCUT2D eigenvalue weighted by Gasteiger charge is 2.87. The van der Waals surface area contributed by atoms with Crippen molar-refractivity contribution in [3.05, 3.63) is 11.8 Å². The van der Waals surface area contributed by atoms with Crippen LogP contribution in [0.4, 0.5) is 0 Å². The summed E-state index contributed by atoms with van der Waals surface area (Å²) in [5.41, 5.74) is -1.45. The smallest absolute Gasteiger partial charge is 0.317 e. The first-order valence-electron chi connectivity index (χ1n) is 8.21. The molecular formula is C17H18Br2O6. The summed E-state index contributed by atoms with van der Waals surface area (Å²) < 4.78 is 15.5. The van der Waals surface area contributed by atoms with Gasteiger partial charge in [-0.1, -0.05) is 31.9 Å². The van der Waals surface area contributed by atoms with Gasteiger partial charge in [-0.15, -0.1) is 0 Å². The largest absolute Gasteiger partial charge is 0.495 e. The second-order valence-electron chi connectivity index (χ2n) is 7.20. The van der Waals surface area contributed by atoms with Crippen LogP contribution < -0.4 is 0 Å². The Labute approximate surface area is 161 Å². The number of rotatable bonds is 2. The predicted octanol–water partition coefficient (Wildman–Crippen LogP) is 2.48. The zero-order chi connectivity index (χ0) is 18.2. The number of carbonyl (C=O) groups is 3. The number of hydrogen-bond acceptors (Lipinski definition) is 6. The number of alkyl halides is 2. The standard InChI is InChI=1S/C17H18Br2O6/c1-23-12(21)11-15-6-5-10(20)9-4-3-8(16(9,11)14(22)24-2)7-25-13(15)17(15,18)19/h7,9,11,13H,3-6H2,1-2H3/t9-,11-,13?,15-,16+/m1/s1. The molecule has 3 aliphatic carbocycles. The van der Waals surface area contributed by atoms with Gasteiger partial charge in [-0.05, 0) is 24.8 Å². The summed E-state index contributed by atoms with van der Waals surface area (Å²) in [6.07, 6.45) is 2.96. The summed E-state index contributed by atoms with van der Waals surface area (Å²) in [5.74, 6) is -2.50. The number of methoxy groups -OCH3 is 2. The van der Waals surface area contributed by atoms with Gasteiger partial charge < -0.3 is 14.2 Å². The maximum atomic E-state index is 13.1. The first kappa shape index (κ1) is 17.5. The highest BCUT2D eigenvalue weighted by Crippen LogP contribution is 2.80. The molecule has 0 amide bonds.